The lowest BCUT2D eigenvalue weighted by Gasteiger charge is -2.57. The molecule has 1 aliphatic heterocycles. The molecule has 1 unspecified atom stereocenters. The maximum absolute atomic E-state index is 4.12. The average Bonchev–Trinajstić information content (AvgIpc) is 2.17. The number of rotatable bonds is 3. The van der Waals surface area contributed by atoms with E-state index >= 15 is 0 Å². The van der Waals surface area contributed by atoms with Crippen molar-refractivity contribution in [1.29, 1.82) is 0 Å². The molecule has 1 atom stereocenters. The molecule has 1 heterocycles. The Morgan fingerprint density at radius 2 is 1.67 bits per heavy atom. The van der Waals surface area contributed by atoms with Gasteiger partial charge in [0, 0.05) is 0 Å². The molecule has 0 bridgehead atoms. The van der Waals surface area contributed by atoms with Gasteiger partial charge in [0.15, 0.2) is 0 Å². The van der Waals surface area contributed by atoms with Crippen LogP contribution in [0.5, 0.6) is 0 Å². The van der Waals surface area contributed by atoms with Gasteiger partial charge in [0.2, 0.25) is 0 Å². The summed E-state index contributed by atoms with van der Waals surface area (Å²) < 4.78 is 0. The van der Waals surface area contributed by atoms with Crippen LogP contribution in [0.4, 0.5) is 0 Å². The summed E-state index contributed by atoms with van der Waals surface area (Å²) in [5.74, 6) is 0. The molecule has 15 heavy (non-hydrogen) atoms. The predicted octanol–water partition coefficient (Wildman–Crippen LogP) is 2.33. The van der Waals surface area contributed by atoms with E-state index in [2.05, 4.69) is 56.8 Å². The highest BCUT2D eigenvalue weighted by Gasteiger charge is 2.52. The molecule has 0 amide bonds. The van der Waals surface area contributed by atoms with Crippen LogP contribution in [0.15, 0.2) is 12.3 Å². The average molecular weight is 226 g/mol. The van der Waals surface area contributed by atoms with E-state index in [0.717, 1.165) is 0 Å². The zero-order chi connectivity index (χ0) is 11.7. The summed E-state index contributed by atoms with van der Waals surface area (Å²) in [6, 6.07) is 1.38. The highest BCUT2D eigenvalue weighted by atomic mass is 28.3. The Morgan fingerprint density at radius 1 is 1.13 bits per heavy atom. The van der Waals surface area contributed by atoms with Crippen molar-refractivity contribution in [1.82, 2.24) is 9.80 Å². The van der Waals surface area contributed by atoms with Crippen molar-refractivity contribution in [2.24, 2.45) is 0 Å². The molecule has 1 aliphatic rings. The smallest absolute Gasteiger partial charge is 0.115 e. The lowest BCUT2D eigenvalue weighted by molar-refractivity contribution is 0.0564. The van der Waals surface area contributed by atoms with Crippen LogP contribution in [0.25, 0.3) is 0 Å². The van der Waals surface area contributed by atoms with Crippen LogP contribution in [-0.2, 0) is 0 Å². The van der Waals surface area contributed by atoms with Gasteiger partial charge in [-0.3, -0.25) is 9.80 Å². The van der Waals surface area contributed by atoms with Gasteiger partial charge in [-0.05, 0) is 34.6 Å². The van der Waals surface area contributed by atoms with Gasteiger partial charge in [-0.15, -0.1) is 6.58 Å². The van der Waals surface area contributed by atoms with Gasteiger partial charge < -0.3 is 0 Å². The van der Waals surface area contributed by atoms with E-state index in [1.165, 1.54) is 25.3 Å². The third-order valence-electron chi connectivity index (χ3n) is 4.32. The Balaban J connectivity index is 3.16. The van der Waals surface area contributed by atoms with E-state index in [4.69, 9.17) is 0 Å². The molecule has 0 aliphatic carbocycles. The molecule has 1 saturated heterocycles. The van der Waals surface area contributed by atoms with Gasteiger partial charge in [-0.1, -0.05) is 31.1 Å². The van der Waals surface area contributed by atoms with Crippen molar-refractivity contribution >= 4 is 8.07 Å². The van der Waals surface area contributed by atoms with Gasteiger partial charge in [-0.2, -0.15) is 0 Å². The number of nitrogens with zero attached hydrogens (tertiary/aromatic N) is 2. The first-order chi connectivity index (χ1) is 6.90. The summed E-state index contributed by atoms with van der Waals surface area (Å²) in [7, 11) is 7.49. The molecule has 3 heteroatoms. The number of hydrogen-bond donors (Lipinski definition) is 0. The van der Waals surface area contributed by atoms with E-state index in [-0.39, 0.29) is 5.29 Å². The minimum absolute atomic E-state index is 0.271. The van der Waals surface area contributed by atoms with Crippen LogP contribution >= 0.6 is 0 Å². The van der Waals surface area contributed by atoms with E-state index < -0.39 is 8.07 Å². The molecule has 1 rings (SSSR count). The molecule has 0 N–H and O–H groups in total. The molecule has 0 spiro atoms. The maximum atomic E-state index is 4.12. The van der Waals surface area contributed by atoms with Gasteiger partial charge in [0.25, 0.3) is 0 Å². The van der Waals surface area contributed by atoms with E-state index in [1.54, 1.807) is 0 Å². The maximum Gasteiger partial charge on any atom is 0.115 e. The quantitative estimate of drug-likeness (QED) is 0.538. The molecule has 0 aromatic heterocycles. The Kier molecular flexibility index (Phi) is 3.79. The van der Waals surface area contributed by atoms with Crippen molar-refractivity contribution in [3.05, 3.63) is 12.3 Å². The van der Waals surface area contributed by atoms with Crippen LogP contribution in [0.1, 0.15) is 19.3 Å². The molecule has 0 aromatic carbocycles. The minimum atomic E-state index is -1.40. The zero-order valence-electron chi connectivity index (χ0n) is 11.0. The summed E-state index contributed by atoms with van der Waals surface area (Å²) in [4.78, 5) is 4.86. The van der Waals surface area contributed by atoms with Gasteiger partial charge in [-0.25, -0.2) is 0 Å². The standard InChI is InChI=1S/C12H26N2Si/c1-7-15(6)11-9-8-10-12(15,13(2)3)14(4)5/h7H,1,8-11H2,2-6H3. The van der Waals surface area contributed by atoms with E-state index in [0.29, 0.717) is 0 Å². The lowest BCUT2D eigenvalue weighted by Crippen LogP contribution is -2.71. The fourth-order valence-electron chi connectivity index (χ4n) is 3.48. The van der Waals surface area contributed by atoms with Crippen LogP contribution in [0.2, 0.25) is 12.6 Å². The van der Waals surface area contributed by atoms with Crippen molar-refractivity contribution in [3.63, 3.8) is 0 Å². The Morgan fingerprint density at radius 3 is 2.00 bits per heavy atom. The number of hydrogen-bond acceptors (Lipinski definition) is 2. The molecule has 88 valence electrons. The summed E-state index contributed by atoms with van der Waals surface area (Å²) in [6.45, 7) is 6.61. The lowest BCUT2D eigenvalue weighted by atomic mass is 10.1. The van der Waals surface area contributed by atoms with Crippen LogP contribution in [-0.4, -0.2) is 51.4 Å². The Labute approximate surface area is 96.0 Å². The van der Waals surface area contributed by atoms with E-state index in [1.807, 2.05) is 0 Å². The fourth-order valence-corrected chi connectivity index (χ4v) is 8.19. The fraction of sp³-hybridized carbons (Fsp3) is 0.833. The second-order valence-corrected chi connectivity index (χ2v) is 9.98. The summed E-state index contributed by atoms with van der Waals surface area (Å²) in [6.07, 6.45) is 4.03. The monoisotopic (exact) mass is 226 g/mol. The predicted molar refractivity (Wildman–Crippen MR) is 70.6 cm³/mol. The molecule has 2 nitrogen and oxygen atoms in total. The summed E-state index contributed by atoms with van der Waals surface area (Å²) >= 11 is 0. The molecular formula is C12H26N2Si. The Hall–Kier alpha value is -0.123. The Bertz CT molecular complexity index is 230. The van der Waals surface area contributed by atoms with Crippen molar-refractivity contribution in [3.8, 4) is 0 Å². The van der Waals surface area contributed by atoms with Gasteiger partial charge >= 0.3 is 0 Å². The molecule has 0 radical (unpaired) electrons. The topological polar surface area (TPSA) is 6.48 Å². The molecular weight excluding hydrogens is 200 g/mol. The van der Waals surface area contributed by atoms with Crippen LogP contribution < -0.4 is 0 Å². The third kappa shape index (κ3) is 1.81. The normalized spacial score (nSPS) is 30.9. The zero-order valence-corrected chi connectivity index (χ0v) is 12.0. The molecule has 0 aromatic rings. The molecule has 0 saturated carbocycles. The minimum Gasteiger partial charge on any atom is -0.294 e. The second-order valence-electron chi connectivity index (χ2n) is 5.43. The second kappa shape index (κ2) is 4.40. The van der Waals surface area contributed by atoms with Gasteiger partial charge in [0.1, 0.15) is 8.07 Å². The van der Waals surface area contributed by atoms with Gasteiger partial charge in [0.05, 0.1) is 5.29 Å². The summed E-state index contributed by atoms with van der Waals surface area (Å²) in [5, 5.41) is 0.271. The van der Waals surface area contributed by atoms with Crippen molar-refractivity contribution < 1.29 is 0 Å². The van der Waals surface area contributed by atoms with Crippen LogP contribution in [0, 0.1) is 0 Å². The van der Waals surface area contributed by atoms with Crippen molar-refractivity contribution in [2.75, 3.05) is 28.2 Å². The highest BCUT2D eigenvalue weighted by molar-refractivity contribution is 6.86. The largest absolute Gasteiger partial charge is 0.294 e. The summed E-state index contributed by atoms with van der Waals surface area (Å²) in [5.41, 5.74) is 2.30. The first kappa shape index (κ1) is 12.9. The van der Waals surface area contributed by atoms with Crippen molar-refractivity contribution in [2.45, 2.75) is 37.1 Å². The molecule has 1 fully saturated rings. The first-order valence-electron chi connectivity index (χ1n) is 5.89. The first-order valence-corrected chi connectivity index (χ1v) is 8.67. The third-order valence-corrected chi connectivity index (χ3v) is 9.58. The highest BCUT2D eigenvalue weighted by Crippen LogP contribution is 2.41. The van der Waals surface area contributed by atoms with E-state index in [9.17, 15) is 0 Å². The van der Waals surface area contributed by atoms with Crippen LogP contribution in [0.3, 0.4) is 0 Å². The SMILES string of the molecule is C=C[Si]1(C)CCCCC1(N(C)C)N(C)C.